The van der Waals surface area contributed by atoms with Gasteiger partial charge < -0.3 is 16.4 Å². The van der Waals surface area contributed by atoms with E-state index in [-0.39, 0.29) is 29.2 Å². The lowest BCUT2D eigenvalue weighted by molar-refractivity contribution is 0.0945. The van der Waals surface area contributed by atoms with E-state index in [1.165, 1.54) is 25.4 Å². The van der Waals surface area contributed by atoms with E-state index in [4.69, 9.17) is 5.73 Å². The predicted octanol–water partition coefficient (Wildman–Crippen LogP) is 2.29. The molecule has 0 fully saturated rings. The predicted molar refractivity (Wildman–Crippen MR) is 103 cm³/mol. The molecule has 29 heavy (non-hydrogen) atoms. The molecule has 9 heteroatoms. The molecule has 0 aliphatic rings. The highest BCUT2D eigenvalue weighted by molar-refractivity contribution is 5.97. The van der Waals surface area contributed by atoms with Crippen molar-refractivity contribution in [2.24, 2.45) is 0 Å². The van der Waals surface area contributed by atoms with Crippen LogP contribution >= 0.6 is 0 Å². The van der Waals surface area contributed by atoms with Gasteiger partial charge >= 0.3 is 0 Å². The number of hydrogen-bond donors (Lipinski definition) is 3. The number of amides is 2. The maximum Gasteiger partial charge on any atom is 0.273 e. The van der Waals surface area contributed by atoms with Crippen molar-refractivity contribution in [3.63, 3.8) is 0 Å². The van der Waals surface area contributed by atoms with Crippen LogP contribution in [0.4, 0.5) is 14.6 Å². The van der Waals surface area contributed by atoms with Crippen molar-refractivity contribution in [3.8, 4) is 11.3 Å². The van der Waals surface area contributed by atoms with Crippen LogP contribution in [0.15, 0.2) is 48.7 Å². The monoisotopic (exact) mass is 397 g/mol. The summed E-state index contributed by atoms with van der Waals surface area (Å²) >= 11 is 0. The van der Waals surface area contributed by atoms with Gasteiger partial charge in [-0.25, -0.2) is 18.7 Å². The van der Waals surface area contributed by atoms with Gasteiger partial charge in [-0.15, -0.1) is 0 Å². The van der Waals surface area contributed by atoms with Gasteiger partial charge in [0.25, 0.3) is 11.8 Å². The highest BCUT2D eigenvalue weighted by Gasteiger charge is 2.15. The van der Waals surface area contributed by atoms with Crippen LogP contribution in [-0.2, 0) is 6.54 Å². The first-order valence-electron chi connectivity index (χ1n) is 8.57. The fourth-order valence-electron chi connectivity index (χ4n) is 2.61. The number of halogens is 2. The number of rotatable bonds is 5. The largest absolute Gasteiger partial charge is 0.382 e. The topological polar surface area (TPSA) is 110 Å². The second-order valence-corrected chi connectivity index (χ2v) is 6.03. The lowest BCUT2D eigenvalue weighted by atomic mass is 10.1. The Morgan fingerprint density at radius 3 is 2.45 bits per heavy atom. The number of anilines is 1. The lowest BCUT2D eigenvalue weighted by Gasteiger charge is -2.09. The van der Waals surface area contributed by atoms with Gasteiger partial charge in [-0.1, -0.05) is 18.2 Å². The molecule has 2 amide bonds. The Kier molecular flexibility index (Phi) is 5.77. The van der Waals surface area contributed by atoms with Gasteiger partial charge in [0, 0.05) is 30.3 Å². The first kappa shape index (κ1) is 19.9. The molecule has 3 rings (SSSR count). The van der Waals surface area contributed by atoms with E-state index in [1.54, 1.807) is 18.2 Å². The van der Waals surface area contributed by atoms with Crippen molar-refractivity contribution >= 4 is 17.6 Å². The number of benzene rings is 2. The number of nitrogens with one attached hydrogen (secondary N) is 2. The zero-order chi connectivity index (χ0) is 21.0. The third-order valence-corrected chi connectivity index (χ3v) is 4.15. The molecule has 0 atom stereocenters. The molecule has 2 aromatic carbocycles. The summed E-state index contributed by atoms with van der Waals surface area (Å²) in [4.78, 5) is 32.4. The minimum Gasteiger partial charge on any atom is -0.382 e. The van der Waals surface area contributed by atoms with Crippen LogP contribution in [0.5, 0.6) is 0 Å². The first-order valence-corrected chi connectivity index (χ1v) is 8.57. The quantitative estimate of drug-likeness (QED) is 0.612. The van der Waals surface area contributed by atoms with Gasteiger partial charge in [0.15, 0.2) is 11.5 Å². The molecule has 0 spiro atoms. The molecule has 0 unspecified atom stereocenters. The maximum absolute atomic E-state index is 13.7. The maximum atomic E-state index is 13.7. The number of aromatic nitrogens is 2. The number of carbonyl (C=O) groups excluding carboxylic acids is 2. The Hall–Kier alpha value is -3.88. The number of nitrogens with zero attached hydrogens (tertiary/aromatic N) is 2. The number of nitrogens with two attached hydrogens (primary N) is 1. The van der Waals surface area contributed by atoms with Crippen LogP contribution < -0.4 is 16.4 Å². The van der Waals surface area contributed by atoms with Crippen LogP contribution in [0, 0.1) is 11.6 Å². The van der Waals surface area contributed by atoms with Crippen LogP contribution in [0.1, 0.15) is 26.4 Å². The molecule has 148 valence electrons. The standard InChI is InChI=1S/C20H17F2N5O2/c1-24-20(29)17-18(23)25-10-16(27-17)11-4-2-5-12(8-11)19(28)26-9-13-14(21)6-3-7-15(13)22/h2-8,10H,9H2,1H3,(H2,23,25)(H,24,29)(H,26,28). The van der Waals surface area contributed by atoms with Gasteiger partial charge in [-0.2, -0.15) is 0 Å². The fourth-order valence-corrected chi connectivity index (χ4v) is 2.61. The van der Waals surface area contributed by atoms with Gasteiger partial charge in [-0.3, -0.25) is 9.59 Å². The molecule has 4 N–H and O–H groups in total. The molecule has 0 bridgehead atoms. The summed E-state index contributed by atoms with van der Waals surface area (Å²) in [5.41, 5.74) is 6.53. The summed E-state index contributed by atoms with van der Waals surface area (Å²) in [6.45, 7) is -0.302. The minimum absolute atomic E-state index is 0.0195. The summed E-state index contributed by atoms with van der Waals surface area (Å²) < 4.78 is 27.4. The van der Waals surface area contributed by atoms with Crippen molar-refractivity contribution in [2.45, 2.75) is 6.54 Å². The van der Waals surface area contributed by atoms with E-state index < -0.39 is 23.4 Å². The van der Waals surface area contributed by atoms with Gasteiger partial charge in [0.1, 0.15) is 11.6 Å². The third-order valence-electron chi connectivity index (χ3n) is 4.15. The Morgan fingerprint density at radius 1 is 1.07 bits per heavy atom. The van der Waals surface area contributed by atoms with Crippen molar-refractivity contribution < 1.29 is 18.4 Å². The zero-order valence-electron chi connectivity index (χ0n) is 15.4. The summed E-state index contributed by atoms with van der Waals surface area (Å²) in [6, 6.07) is 9.86. The lowest BCUT2D eigenvalue weighted by Crippen LogP contribution is -2.24. The fraction of sp³-hybridized carbons (Fsp3) is 0.100. The van der Waals surface area contributed by atoms with Crippen molar-refractivity contribution in [2.75, 3.05) is 12.8 Å². The van der Waals surface area contributed by atoms with Crippen molar-refractivity contribution in [3.05, 3.63) is 77.1 Å². The van der Waals surface area contributed by atoms with Crippen LogP contribution in [-0.4, -0.2) is 28.8 Å². The Labute approximate surface area is 165 Å². The van der Waals surface area contributed by atoms with E-state index in [1.807, 2.05) is 0 Å². The minimum atomic E-state index is -0.738. The second kappa shape index (κ2) is 8.42. The van der Waals surface area contributed by atoms with Gasteiger partial charge in [-0.05, 0) is 24.3 Å². The Bertz CT molecular complexity index is 1070. The average molecular weight is 397 g/mol. The van der Waals surface area contributed by atoms with Gasteiger partial charge in [0.05, 0.1) is 11.9 Å². The normalized spacial score (nSPS) is 10.4. The van der Waals surface area contributed by atoms with Crippen LogP contribution in [0.2, 0.25) is 0 Å². The molecule has 0 saturated carbocycles. The van der Waals surface area contributed by atoms with Crippen molar-refractivity contribution in [1.82, 2.24) is 20.6 Å². The second-order valence-electron chi connectivity index (χ2n) is 6.03. The van der Waals surface area contributed by atoms with E-state index in [9.17, 15) is 18.4 Å². The molecule has 0 aliphatic carbocycles. The number of hydrogen-bond acceptors (Lipinski definition) is 5. The van der Waals surface area contributed by atoms with E-state index in [0.717, 1.165) is 12.1 Å². The molecule has 7 nitrogen and oxygen atoms in total. The molecular formula is C20H17F2N5O2. The molecule has 3 aromatic rings. The first-order chi connectivity index (χ1) is 13.9. The zero-order valence-corrected chi connectivity index (χ0v) is 15.4. The highest BCUT2D eigenvalue weighted by atomic mass is 19.1. The number of carbonyl (C=O) groups is 2. The molecule has 0 aliphatic heterocycles. The van der Waals surface area contributed by atoms with Crippen LogP contribution in [0.3, 0.4) is 0 Å². The third kappa shape index (κ3) is 4.34. The van der Waals surface area contributed by atoms with Crippen molar-refractivity contribution in [1.29, 1.82) is 0 Å². The van der Waals surface area contributed by atoms with Crippen LogP contribution in [0.25, 0.3) is 11.3 Å². The molecule has 0 radical (unpaired) electrons. The summed E-state index contributed by atoms with van der Waals surface area (Å²) in [5.74, 6) is -2.51. The SMILES string of the molecule is CNC(=O)c1nc(-c2cccc(C(=O)NCc3c(F)cccc3F)c2)cnc1N. The molecule has 0 saturated heterocycles. The van der Waals surface area contributed by atoms with E-state index >= 15 is 0 Å². The smallest absolute Gasteiger partial charge is 0.273 e. The Balaban J connectivity index is 1.82. The summed E-state index contributed by atoms with van der Waals surface area (Å²) in [5, 5.41) is 4.91. The number of nitrogen functional groups attached to an aromatic ring is 1. The molecule has 1 heterocycles. The van der Waals surface area contributed by atoms with Gasteiger partial charge in [0.2, 0.25) is 0 Å². The average Bonchev–Trinajstić information content (AvgIpc) is 2.73. The molecule has 1 aromatic heterocycles. The van der Waals surface area contributed by atoms with E-state index in [0.29, 0.717) is 11.3 Å². The Morgan fingerprint density at radius 2 is 1.76 bits per heavy atom. The molecular weight excluding hydrogens is 380 g/mol. The summed E-state index contributed by atoms with van der Waals surface area (Å²) in [6.07, 6.45) is 1.38. The summed E-state index contributed by atoms with van der Waals surface area (Å²) in [7, 11) is 1.44. The van der Waals surface area contributed by atoms with E-state index in [2.05, 4.69) is 20.6 Å². The highest BCUT2D eigenvalue weighted by Crippen LogP contribution is 2.20.